The van der Waals surface area contributed by atoms with Crippen LogP contribution in [0.25, 0.3) is 0 Å². The lowest BCUT2D eigenvalue weighted by Crippen LogP contribution is -2.40. The number of benzene rings is 1. The van der Waals surface area contributed by atoms with Crippen molar-refractivity contribution in [2.75, 3.05) is 12.8 Å². The van der Waals surface area contributed by atoms with Crippen LogP contribution < -0.4 is 10.5 Å². The van der Waals surface area contributed by atoms with Gasteiger partial charge in [-0.05, 0) is 12.1 Å². The molecule has 7 nitrogen and oxygen atoms in total. The van der Waals surface area contributed by atoms with Crippen LogP contribution in [-0.4, -0.2) is 38.2 Å². The molecule has 2 amide bonds. The monoisotopic (exact) mass is 351 g/mol. The molecule has 1 aromatic rings. The number of nitrogens with two attached hydrogens (primary N) is 1. The minimum atomic E-state index is -4.17. The third-order valence-electron chi connectivity index (χ3n) is 2.98. The van der Waals surface area contributed by atoms with Crippen LogP contribution in [0.5, 0.6) is 0 Å². The van der Waals surface area contributed by atoms with Gasteiger partial charge in [0.2, 0.25) is 21.8 Å². The zero-order valence-electron chi connectivity index (χ0n) is 10.8. The van der Waals surface area contributed by atoms with E-state index in [0.717, 1.165) is 4.90 Å². The van der Waals surface area contributed by atoms with Crippen LogP contribution in [0.15, 0.2) is 17.0 Å². The van der Waals surface area contributed by atoms with Gasteiger partial charge in [-0.3, -0.25) is 14.5 Å². The van der Waals surface area contributed by atoms with Crippen molar-refractivity contribution < 1.29 is 18.0 Å². The maximum absolute atomic E-state index is 12.3. The van der Waals surface area contributed by atoms with Crippen LogP contribution in [0, 0.1) is 0 Å². The number of carbonyl (C=O) groups is 2. The molecule has 1 fully saturated rings. The number of imide groups is 1. The second-order valence-electron chi connectivity index (χ2n) is 4.47. The van der Waals surface area contributed by atoms with E-state index >= 15 is 0 Å². The Balaban J connectivity index is 2.37. The maximum atomic E-state index is 12.3. The fourth-order valence-corrected chi connectivity index (χ4v) is 4.13. The summed E-state index contributed by atoms with van der Waals surface area (Å²) in [6.07, 6.45) is -0.250. The fourth-order valence-electron chi connectivity index (χ4n) is 1.96. The van der Waals surface area contributed by atoms with Crippen LogP contribution in [0.3, 0.4) is 0 Å². The highest BCUT2D eigenvalue weighted by Crippen LogP contribution is 2.31. The first kappa shape index (κ1) is 16.0. The van der Waals surface area contributed by atoms with Gasteiger partial charge in [0.15, 0.2) is 0 Å². The van der Waals surface area contributed by atoms with E-state index in [1.807, 2.05) is 0 Å². The number of carbonyl (C=O) groups excluding carboxylic acids is 2. The van der Waals surface area contributed by atoms with E-state index in [9.17, 15) is 18.0 Å². The number of sulfonamides is 1. The first-order valence-electron chi connectivity index (χ1n) is 5.70. The minimum absolute atomic E-state index is 0.148. The Morgan fingerprint density at radius 3 is 2.43 bits per heavy atom. The standard InChI is InChI=1S/C11H11Cl2N3O4S/c1-16-9(17)4-8(11(16)18)15-21(19,20)10-6(13)2-5(12)3-7(10)14/h2-3,8,15H,4,14H2,1H3. The number of nitrogens with zero attached hydrogens (tertiary/aromatic N) is 1. The summed E-state index contributed by atoms with van der Waals surface area (Å²) in [4.78, 5) is 23.6. The van der Waals surface area contributed by atoms with E-state index in [-0.39, 0.29) is 27.0 Å². The zero-order valence-corrected chi connectivity index (χ0v) is 13.1. The molecule has 3 N–H and O–H groups in total. The Bertz CT molecular complexity index is 712. The van der Waals surface area contributed by atoms with E-state index in [0.29, 0.717) is 0 Å². The first-order valence-corrected chi connectivity index (χ1v) is 7.94. The molecule has 10 heteroatoms. The third-order valence-corrected chi connectivity index (χ3v) is 5.20. The highest BCUT2D eigenvalue weighted by Gasteiger charge is 2.39. The van der Waals surface area contributed by atoms with Gasteiger partial charge in [0.25, 0.3) is 0 Å². The second-order valence-corrected chi connectivity index (χ2v) is 6.97. The summed E-state index contributed by atoms with van der Waals surface area (Å²) >= 11 is 11.6. The summed E-state index contributed by atoms with van der Waals surface area (Å²) in [6.45, 7) is 0. The van der Waals surface area contributed by atoms with Crippen molar-refractivity contribution in [1.82, 2.24) is 9.62 Å². The van der Waals surface area contributed by atoms with Crippen molar-refractivity contribution >= 4 is 50.7 Å². The van der Waals surface area contributed by atoms with Gasteiger partial charge in [-0.1, -0.05) is 23.2 Å². The lowest BCUT2D eigenvalue weighted by Gasteiger charge is -2.14. The molecular weight excluding hydrogens is 341 g/mol. The predicted molar refractivity (Wildman–Crippen MR) is 77.4 cm³/mol. The number of likely N-dealkylation sites (tertiary alicyclic amines) is 1. The molecule has 0 aliphatic carbocycles. The van der Waals surface area contributed by atoms with Crippen LogP contribution in [-0.2, 0) is 19.6 Å². The smallest absolute Gasteiger partial charge is 0.247 e. The summed E-state index contributed by atoms with van der Waals surface area (Å²) in [6, 6.07) is 1.29. The van der Waals surface area contributed by atoms with Crippen molar-refractivity contribution in [2.45, 2.75) is 17.4 Å². The van der Waals surface area contributed by atoms with Crippen molar-refractivity contribution in [3.63, 3.8) is 0 Å². The molecule has 0 spiro atoms. The van der Waals surface area contributed by atoms with Crippen LogP contribution in [0.2, 0.25) is 10.0 Å². The lowest BCUT2D eigenvalue weighted by molar-refractivity contribution is -0.137. The number of likely N-dealkylation sites (N-methyl/N-ethyl adjacent to an activating group) is 1. The van der Waals surface area contributed by atoms with Gasteiger partial charge in [-0.2, -0.15) is 4.72 Å². The molecule has 1 aromatic carbocycles. The van der Waals surface area contributed by atoms with E-state index in [1.54, 1.807) is 0 Å². The molecule has 21 heavy (non-hydrogen) atoms. The Labute approximate surface area is 131 Å². The van der Waals surface area contributed by atoms with Gasteiger partial charge < -0.3 is 5.73 Å². The number of hydrogen-bond acceptors (Lipinski definition) is 5. The van der Waals surface area contributed by atoms with Crippen LogP contribution in [0.1, 0.15) is 6.42 Å². The SMILES string of the molecule is CN1C(=O)CC(NS(=O)(=O)c2c(N)cc(Cl)cc2Cl)C1=O. The fraction of sp³-hybridized carbons (Fsp3) is 0.273. The number of halogens is 2. The van der Waals surface area contributed by atoms with Crippen LogP contribution in [0.4, 0.5) is 5.69 Å². The molecular formula is C11H11Cl2N3O4S. The van der Waals surface area contributed by atoms with Crippen LogP contribution >= 0.6 is 23.2 Å². The van der Waals surface area contributed by atoms with E-state index in [4.69, 9.17) is 28.9 Å². The number of nitrogens with one attached hydrogen (secondary N) is 1. The second kappa shape index (κ2) is 5.45. The van der Waals surface area contributed by atoms with Crippen molar-refractivity contribution in [1.29, 1.82) is 0 Å². The van der Waals surface area contributed by atoms with Gasteiger partial charge in [0.1, 0.15) is 10.9 Å². The predicted octanol–water partition coefficient (Wildman–Crippen LogP) is 0.611. The summed E-state index contributed by atoms with van der Waals surface area (Å²) in [7, 11) is -2.89. The molecule has 1 unspecified atom stereocenters. The highest BCUT2D eigenvalue weighted by atomic mass is 35.5. The molecule has 114 valence electrons. The topological polar surface area (TPSA) is 110 Å². The molecule has 0 bridgehead atoms. The number of nitrogen functional groups attached to an aromatic ring is 1. The van der Waals surface area contributed by atoms with Gasteiger partial charge in [0, 0.05) is 12.1 Å². The molecule has 1 heterocycles. The van der Waals surface area contributed by atoms with E-state index in [1.165, 1.54) is 19.2 Å². The molecule has 2 rings (SSSR count). The first-order chi connectivity index (χ1) is 9.63. The summed E-state index contributed by atoms with van der Waals surface area (Å²) in [5.74, 6) is -1.10. The van der Waals surface area contributed by atoms with Gasteiger partial charge in [0.05, 0.1) is 17.1 Å². The third kappa shape index (κ3) is 2.98. The number of hydrogen-bond donors (Lipinski definition) is 2. The van der Waals surface area contributed by atoms with Gasteiger partial charge in [-0.25, -0.2) is 8.42 Å². The highest BCUT2D eigenvalue weighted by molar-refractivity contribution is 7.89. The maximum Gasteiger partial charge on any atom is 0.247 e. The minimum Gasteiger partial charge on any atom is -0.398 e. The van der Waals surface area contributed by atoms with Crippen molar-refractivity contribution in [3.05, 3.63) is 22.2 Å². The average molecular weight is 352 g/mol. The Morgan fingerprint density at radius 2 is 1.95 bits per heavy atom. The summed E-state index contributed by atoms with van der Waals surface area (Å²) < 4.78 is 26.7. The molecule has 0 aromatic heterocycles. The average Bonchev–Trinajstić information content (AvgIpc) is 2.54. The number of amides is 2. The Hall–Kier alpha value is -1.35. The normalized spacial score (nSPS) is 19.4. The molecule has 1 atom stereocenters. The van der Waals surface area contributed by atoms with Crippen molar-refractivity contribution in [3.8, 4) is 0 Å². The lowest BCUT2D eigenvalue weighted by atomic mass is 10.3. The van der Waals surface area contributed by atoms with Gasteiger partial charge >= 0.3 is 0 Å². The molecule has 1 aliphatic heterocycles. The van der Waals surface area contributed by atoms with E-state index in [2.05, 4.69) is 4.72 Å². The molecule has 0 saturated carbocycles. The van der Waals surface area contributed by atoms with Gasteiger partial charge in [-0.15, -0.1) is 0 Å². The molecule has 1 saturated heterocycles. The number of rotatable bonds is 3. The quantitative estimate of drug-likeness (QED) is 0.612. The van der Waals surface area contributed by atoms with Crippen molar-refractivity contribution in [2.24, 2.45) is 0 Å². The largest absolute Gasteiger partial charge is 0.398 e. The van der Waals surface area contributed by atoms with E-state index < -0.39 is 27.9 Å². The summed E-state index contributed by atoms with van der Waals surface area (Å²) in [5.41, 5.74) is 5.47. The Morgan fingerprint density at radius 1 is 1.33 bits per heavy atom. The Kier molecular flexibility index (Phi) is 4.16. The molecule has 0 radical (unpaired) electrons. The zero-order chi connectivity index (χ0) is 15.9. The molecule has 1 aliphatic rings. The summed E-state index contributed by atoms with van der Waals surface area (Å²) in [5, 5.41) is 0.0148. The number of anilines is 1.